The summed E-state index contributed by atoms with van der Waals surface area (Å²) >= 11 is 0. The Bertz CT molecular complexity index is 923. The SMILES string of the molecule is O=C(NCCc1ccc(F)cc1)C1CCN(S(=O)(=O)Cc2ccc(F)cc2)CC1. The van der Waals surface area contributed by atoms with Crippen LogP contribution >= 0.6 is 0 Å². The van der Waals surface area contributed by atoms with Crippen LogP contribution in [-0.4, -0.2) is 38.3 Å². The van der Waals surface area contributed by atoms with Gasteiger partial charge in [0.15, 0.2) is 0 Å². The van der Waals surface area contributed by atoms with E-state index in [9.17, 15) is 22.0 Å². The lowest BCUT2D eigenvalue weighted by atomic mass is 9.97. The summed E-state index contributed by atoms with van der Waals surface area (Å²) in [5.74, 6) is -1.18. The van der Waals surface area contributed by atoms with Crippen molar-refractivity contribution in [3.63, 3.8) is 0 Å². The van der Waals surface area contributed by atoms with Gasteiger partial charge in [0.05, 0.1) is 5.75 Å². The lowest BCUT2D eigenvalue weighted by molar-refractivity contribution is -0.126. The molecule has 1 aliphatic heterocycles. The van der Waals surface area contributed by atoms with Gasteiger partial charge in [0.1, 0.15) is 11.6 Å². The second-order valence-electron chi connectivity index (χ2n) is 7.22. The van der Waals surface area contributed by atoms with E-state index in [4.69, 9.17) is 0 Å². The Balaban J connectivity index is 1.44. The van der Waals surface area contributed by atoms with Gasteiger partial charge in [-0.25, -0.2) is 21.5 Å². The van der Waals surface area contributed by atoms with Gasteiger partial charge in [-0.05, 0) is 54.7 Å². The van der Waals surface area contributed by atoms with Crippen molar-refractivity contribution in [3.05, 3.63) is 71.3 Å². The van der Waals surface area contributed by atoms with Gasteiger partial charge in [-0.3, -0.25) is 4.79 Å². The molecular weight excluding hydrogens is 398 g/mol. The number of rotatable bonds is 7. The zero-order valence-electron chi connectivity index (χ0n) is 16.0. The van der Waals surface area contributed by atoms with E-state index in [1.807, 2.05) is 0 Å². The van der Waals surface area contributed by atoms with Crippen molar-refractivity contribution in [2.75, 3.05) is 19.6 Å². The maximum Gasteiger partial charge on any atom is 0.223 e. The van der Waals surface area contributed by atoms with Gasteiger partial charge in [0.2, 0.25) is 15.9 Å². The highest BCUT2D eigenvalue weighted by atomic mass is 32.2. The maximum atomic E-state index is 13.0. The number of carbonyl (C=O) groups excluding carboxylic acids is 1. The Kier molecular flexibility index (Phi) is 6.97. The molecule has 156 valence electrons. The molecule has 3 rings (SSSR count). The van der Waals surface area contributed by atoms with Crippen molar-refractivity contribution in [2.24, 2.45) is 5.92 Å². The first-order valence-electron chi connectivity index (χ1n) is 9.58. The van der Waals surface area contributed by atoms with E-state index < -0.39 is 15.8 Å². The van der Waals surface area contributed by atoms with E-state index in [-0.39, 0.29) is 23.4 Å². The molecule has 1 amide bonds. The minimum atomic E-state index is -3.51. The number of carbonyl (C=O) groups is 1. The Morgan fingerprint density at radius 2 is 1.45 bits per heavy atom. The number of nitrogens with one attached hydrogen (secondary N) is 1. The zero-order valence-corrected chi connectivity index (χ0v) is 16.8. The summed E-state index contributed by atoms with van der Waals surface area (Å²) in [6.07, 6.45) is 1.53. The van der Waals surface area contributed by atoms with E-state index in [0.29, 0.717) is 44.5 Å². The van der Waals surface area contributed by atoms with E-state index in [1.54, 1.807) is 12.1 Å². The second kappa shape index (κ2) is 9.45. The molecule has 5 nitrogen and oxygen atoms in total. The first-order valence-corrected chi connectivity index (χ1v) is 11.2. The summed E-state index contributed by atoms with van der Waals surface area (Å²) in [5.41, 5.74) is 1.47. The molecular formula is C21H24F2N2O3S. The molecule has 0 aromatic heterocycles. The lowest BCUT2D eigenvalue weighted by Gasteiger charge is -2.30. The largest absolute Gasteiger partial charge is 0.356 e. The molecule has 1 aliphatic rings. The monoisotopic (exact) mass is 422 g/mol. The number of hydrogen-bond donors (Lipinski definition) is 1. The molecule has 0 saturated carbocycles. The van der Waals surface area contributed by atoms with E-state index in [2.05, 4.69) is 5.32 Å². The van der Waals surface area contributed by atoms with E-state index in [1.165, 1.54) is 40.7 Å². The molecule has 8 heteroatoms. The van der Waals surface area contributed by atoms with Crippen molar-refractivity contribution in [3.8, 4) is 0 Å². The van der Waals surface area contributed by atoms with Crippen LogP contribution in [0.2, 0.25) is 0 Å². The van der Waals surface area contributed by atoms with Crippen LogP contribution in [0, 0.1) is 17.6 Å². The van der Waals surface area contributed by atoms with Crippen molar-refractivity contribution >= 4 is 15.9 Å². The van der Waals surface area contributed by atoms with Crippen LogP contribution < -0.4 is 5.32 Å². The van der Waals surface area contributed by atoms with Crippen LogP contribution in [-0.2, 0) is 27.0 Å². The fourth-order valence-electron chi connectivity index (χ4n) is 3.40. The fourth-order valence-corrected chi connectivity index (χ4v) is 4.97. The average Bonchev–Trinajstić information content (AvgIpc) is 2.71. The number of benzene rings is 2. The van der Waals surface area contributed by atoms with Gasteiger partial charge in [0, 0.05) is 25.6 Å². The van der Waals surface area contributed by atoms with Crippen LogP contribution in [0.5, 0.6) is 0 Å². The molecule has 0 atom stereocenters. The van der Waals surface area contributed by atoms with Crippen LogP contribution in [0.25, 0.3) is 0 Å². The Morgan fingerprint density at radius 3 is 2.00 bits per heavy atom. The summed E-state index contributed by atoms with van der Waals surface area (Å²) in [5, 5.41) is 2.88. The number of amides is 1. The minimum absolute atomic E-state index is 0.0808. The molecule has 0 spiro atoms. The normalized spacial score (nSPS) is 15.9. The predicted octanol–water partition coefficient (Wildman–Crippen LogP) is 2.87. The summed E-state index contributed by atoms with van der Waals surface area (Å²) in [6, 6.07) is 11.6. The summed E-state index contributed by atoms with van der Waals surface area (Å²) in [4.78, 5) is 12.3. The third-order valence-electron chi connectivity index (χ3n) is 5.11. The molecule has 0 unspecified atom stereocenters. The standard InChI is InChI=1S/C21H24F2N2O3S/c22-19-5-1-16(2-6-19)9-12-24-21(26)18-10-13-25(14-11-18)29(27,28)15-17-3-7-20(23)8-4-17/h1-8,18H,9-15H2,(H,24,26). The van der Waals surface area contributed by atoms with Crippen LogP contribution in [0.15, 0.2) is 48.5 Å². The number of nitrogens with zero attached hydrogens (tertiary/aromatic N) is 1. The Morgan fingerprint density at radius 1 is 0.931 bits per heavy atom. The van der Waals surface area contributed by atoms with Gasteiger partial charge in [-0.15, -0.1) is 0 Å². The van der Waals surface area contributed by atoms with Gasteiger partial charge < -0.3 is 5.32 Å². The first kappa shape index (κ1) is 21.4. The molecule has 0 aliphatic carbocycles. The Labute approximate surface area is 169 Å². The van der Waals surface area contributed by atoms with Crippen LogP contribution in [0.4, 0.5) is 8.78 Å². The highest BCUT2D eigenvalue weighted by Crippen LogP contribution is 2.22. The Hall–Kier alpha value is -2.32. The quantitative estimate of drug-likeness (QED) is 0.746. The third-order valence-corrected chi connectivity index (χ3v) is 6.96. The molecule has 1 N–H and O–H groups in total. The zero-order chi connectivity index (χ0) is 20.9. The fraction of sp³-hybridized carbons (Fsp3) is 0.381. The minimum Gasteiger partial charge on any atom is -0.356 e. The summed E-state index contributed by atoms with van der Waals surface area (Å²) in [6.45, 7) is 1.03. The maximum absolute atomic E-state index is 13.0. The number of piperidine rings is 1. The number of sulfonamides is 1. The molecule has 2 aromatic carbocycles. The molecule has 1 saturated heterocycles. The molecule has 1 fully saturated rings. The molecule has 2 aromatic rings. The summed E-state index contributed by atoms with van der Waals surface area (Å²) in [7, 11) is -3.51. The van der Waals surface area contributed by atoms with Crippen molar-refractivity contribution in [2.45, 2.75) is 25.0 Å². The second-order valence-corrected chi connectivity index (χ2v) is 9.19. The van der Waals surface area contributed by atoms with E-state index in [0.717, 1.165) is 5.56 Å². The van der Waals surface area contributed by atoms with Gasteiger partial charge in [-0.2, -0.15) is 0 Å². The van der Waals surface area contributed by atoms with Gasteiger partial charge >= 0.3 is 0 Å². The smallest absolute Gasteiger partial charge is 0.223 e. The molecule has 0 bridgehead atoms. The van der Waals surface area contributed by atoms with Gasteiger partial charge in [0.25, 0.3) is 0 Å². The average molecular weight is 422 g/mol. The van der Waals surface area contributed by atoms with Crippen molar-refractivity contribution in [1.82, 2.24) is 9.62 Å². The highest BCUT2D eigenvalue weighted by molar-refractivity contribution is 7.88. The first-order chi connectivity index (χ1) is 13.8. The predicted molar refractivity (Wildman–Crippen MR) is 106 cm³/mol. The number of hydrogen-bond acceptors (Lipinski definition) is 3. The van der Waals surface area contributed by atoms with Gasteiger partial charge in [-0.1, -0.05) is 24.3 Å². The molecule has 0 radical (unpaired) electrons. The lowest BCUT2D eigenvalue weighted by Crippen LogP contribution is -2.43. The molecule has 29 heavy (non-hydrogen) atoms. The third kappa shape index (κ3) is 6.08. The van der Waals surface area contributed by atoms with Crippen molar-refractivity contribution in [1.29, 1.82) is 0 Å². The van der Waals surface area contributed by atoms with Crippen molar-refractivity contribution < 1.29 is 22.0 Å². The van der Waals surface area contributed by atoms with Crippen LogP contribution in [0.3, 0.4) is 0 Å². The van der Waals surface area contributed by atoms with E-state index >= 15 is 0 Å². The molecule has 1 heterocycles. The number of halogens is 2. The summed E-state index contributed by atoms with van der Waals surface area (Å²) < 4.78 is 52.4. The highest BCUT2D eigenvalue weighted by Gasteiger charge is 2.31. The van der Waals surface area contributed by atoms with Crippen LogP contribution in [0.1, 0.15) is 24.0 Å². The topological polar surface area (TPSA) is 66.5 Å².